The molecule has 2 aromatic rings. The molecule has 1 aromatic heterocycles. The Bertz CT molecular complexity index is 571. The normalized spacial score (nSPS) is 12.7. The Balaban J connectivity index is 2.59. The van der Waals surface area contributed by atoms with Crippen LogP contribution in [0.2, 0.25) is 0 Å². The highest BCUT2D eigenvalue weighted by molar-refractivity contribution is 9.10. The molecule has 96 valence electrons. The molecule has 0 saturated heterocycles. The van der Waals surface area contributed by atoms with Crippen LogP contribution < -0.4 is 11.3 Å². The molecule has 6 heteroatoms. The van der Waals surface area contributed by atoms with E-state index in [4.69, 9.17) is 5.84 Å². The Morgan fingerprint density at radius 2 is 2.06 bits per heavy atom. The van der Waals surface area contributed by atoms with Gasteiger partial charge in [-0.1, -0.05) is 0 Å². The Morgan fingerprint density at radius 1 is 1.33 bits per heavy atom. The first-order valence-electron chi connectivity index (χ1n) is 5.18. The second-order valence-corrected chi connectivity index (χ2v) is 5.46. The van der Waals surface area contributed by atoms with Crippen LogP contribution in [0, 0.1) is 18.6 Å². The van der Waals surface area contributed by atoms with Crippen molar-refractivity contribution < 1.29 is 8.78 Å². The fraction of sp³-hybridized carbons (Fsp3) is 0.167. The number of aryl methyl sites for hydroxylation is 1. The van der Waals surface area contributed by atoms with Crippen molar-refractivity contribution in [3.63, 3.8) is 0 Å². The minimum Gasteiger partial charge on any atom is -0.271 e. The Hall–Kier alpha value is -0.820. The number of nitrogens with two attached hydrogens (primary N) is 1. The van der Waals surface area contributed by atoms with Crippen molar-refractivity contribution in [1.82, 2.24) is 5.43 Å². The van der Waals surface area contributed by atoms with E-state index in [1.54, 1.807) is 0 Å². The molecule has 0 aliphatic carbocycles. The van der Waals surface area contributed by atoms with Crippen molar-refractivity contribution >= 4 is 27.3 Å². The molecule has 0 saturated carbocycles. The summed E-state index contributed by atoms with van der Waals surface area (Å²) in [7, 11) is 0. The van der Waals surface area contributed by atoms with Crippen LogP contribution in [-0.4, -0.2) is 0 Å². The van der Waals surface area contributed by atoms with Gasteiger partial charge in [0.2, 0.25) is 0 Å². The second-order valence-electron chi connectivity index (χ2n) is 3.87. The molecule has 0 fully saturated rings. The van der Waals surface area contributed by atoms with Gasteiger partial charge in [0.1, 0.15) is 11.6 Å². The first-order chi connectivity index (χ1) is 8.56. The monoisotopic (exact) mass is 332 g/mol. The number of thiophene rings is 1. The molecule has 1 atom stereocenters. The van der Waals surface area contributed by atoms with E-state index in [1.165, 1.54) is 23.5 Å². The zero-order valence-corrected chi connectivity index (χ0v) is 11.9. The summed E-state index contributed by atoms with van der Waals surface area (Å²) in [5, 5.41) is 3.74. The van der Waals surface area contributed by atoms with Crippen molar-refractivity contribution in [3.05, 3.63) is 55.7 Å². The van der Waals surface area contributed by atoms with Gasteiger partial charge in [-0.05, 0) is 56.9 Å². The molecule has 0 aliphatic heterocycles. The number of hydrogen-bond acceptors (Lipinski definition) is 3. The van der Waals surface area contributed by atoms with E-state index in [0.29, 0.717) is 0 Å². The second kappa shape index (κ2) is 5.44. The number of rotatable bonds is 3. The third-order valence-electron chi connectivity index (χ3n) is 2.74. The zero-order valence-electron chi connectivity index (χ0n) is 9.51. The van der Waals surface area contributed by atoms with Gasteiger partial charge in [-0.15, -0.1) is 0 Å². The van der Waals surface area contributed by atoms with Crippen LogP contribution in [0.15, 0.2) is 27.4 Å². The predicted octanol–water partition coefficient (Wildman–Crippen LogP) is 3.65. The van der Waals surface area contributed by atoms with Crippen molar-refractivity contribution in [2.75, 3.05) is 0 Å². The van der Waals surface area contributed by atoms with E-state index >= 15 is 0 Å². The molecular weight excluding hydrogens is 322 g/mol. The van der Waals surface area contributed by atoms with Crippen molar-refractivity contribution in [2.45, 2.75) is 13.0 Å². The van der Waals surface area contributed by atoms with Gasteiger partial charge in [-0.3, -0.25) is 5.84 Å². The average molecular weight is 333 g/mol. The van der Waals surface area contributed by atoms with Gasteiger partial charge in [-0.25, -0.2) is 14.2 Å². The van der Waals surface area contributed by atoms with Gasteiger partial charge < -0.3 is 0 Å². The molecule has 1 aromatic carbocycles. The highest BCUT2D eigenvalue weighted by Crippen LogP contribution is 2.32. The topological polar surface area (TPSA) is 38.0 Å². The third-order valence-corrected chi connectivity index (χ3v) is 4.23. The van der Waals surface area contributed by atoms with E-state index in [1.807, 2.05) is 17.7 Å². The van der Waals surface area contributed by atoms with Gasteiger partial charge in [-0.2, -0.15) is 11.3 Å². The van der Waals surface area contributed by atoms with E-state index in [0.717, 1.165) is 11.1 Å². The number of hydrogen-bond donors (Lipinski definition) is 2. The zero-order chi connectivity index (χ0) is 13.3. The molecular formula is C12H11BrF2N2S. The first-order valence-corrected chi connectivity index (χ1v) is 6.92. The minimum absolute atomic E-state index is 0.0756. The fourth-order valence-corrected chi connectivity index (χ4v) is 3.02. The Morgan fingerprint density at radius 3 is 2.61 bits per heavy atom. The van der Waals surface area contributed by atoms with Gasteiger partial charge in [0.05, 0.1) is 10.5 Å². The van der Waals surface area contributed by atoms with Crippen LogP contribution in [0.4, 0.5) is 8.78 Å². The molecule has 0 aliphatic rings. The first kappa shape index (κ1) is 13.6. The van der Waals surface area contributed by atoms with Crippen molar-refractivity contribution in [3.8, 4) is 0 Å². The maximum Gasteiger partial charge on any atom is 0.145 e. The quantitative estimate of drug-likeness (QED) is 0.511. The molecule has 18 heavy (non-hydrogen) atoms. The summed E-state index contributed by atoms with van der Waals surface area (Å²) in [6.45, 7) is 1.88. The van der Waals surface area contributed by atoms with Gasteiger partial charge in [0.25, 0.3) is 0 Å². The van der Waals surface area contributed by atoms with Crippen LogP contribution in [-0.2, 0) is 0 Å². The summed E-state index contributed by atoms with van der Waals surface area (Å²) in [6.07, 6.45) is 0. The molecule has 2 nitrogen and oxygen atoms in total. The molecule has 0 bridgehead atoms. The molecule has 0 radical (unpaired) electrons. The summed E-state index contributed by atoms with van der Waals surface area (Å²) in [6, 6.07) is 1.85. The number of nitrogens with one attached hydrogen (secondary N) is 1. The third kappa shape index (κ3) is 2.33. The lowest BCUT2D eigenvalue weighted by molar-refractivity contribution is 0.507. The largest absolute Gasteiger partial charge is 0.271 e. The van der Waals surface area contributed by atoms with Gasteiger partial charge in [0.15, 0.2) is 0 Å². The Labute approximate surface area is 116 Å². The molecule has 0 spiro atoms. The number of halogens is 3. The van der Waals surface area contributed by atoms with Crippen LogP contribution >= 0.6 is 27.3 Å². The van der Waals surface area contributed by atoms with Crippen LogP contribution in [0.1, 0.15) is 22.7 Å². The molecule has 3 N–H and O–H groups in total. The lowest BCUT2D eigenvalue weighted by Crippen LogP contribution is -2.30. The molecule has 2 rings (SSSR count). The lowest BCUT2D eigenvalue weighted by atomic mass is 9.98. The van der Waals surface area contributed by atoms with E-state index < -0.39 is 17.7 Å². The minimum atomic E-state index is -0.700. The smallest absolute Gasteiger partial charge is 0.145 e. The average Bonchev–Trinajstić information content (AvgIpc) is 2.76. The summed E-state index contributed by atoms with van der Waals surface area (Å²) in [5.74, 6) is 4.20. The SMILES string of the molecule is Cc1cscc1C(NN)c1c(F)ccc(Br)c1F. The highest BCUT2D eigenvalue weighted by Gasteiger charge is 2.24. The maximum absolute atomic E-state index is 14.0. The van der Waals surface area contributed by atoms with Gasteiger partial charge >= 0.3 is 0 Å². The summed E-state index contributed by atoms with van der Waals surface area (Å²) in [5.41, 5.74) is 4.12. The van der Waals surface area contributed by atoms with Crippen LogP contribution in [0.5, 0.6) is 0 Å². The molecule has 1 heterocycles. The fourth-order valence-electron chi connectivity index (χ4n) is 1.80. The van der Waals surface area contributed by atoms with E-state index in [-0.39, 0.29) is 10.0 Å². The van der Waals surface area contributed by atoms with Crippen LogP contribution in [0.3, 0.4) is 0 Å². The summed E-state index contributed by atoms with van der Waals surface area (Å²) >= 11 is 4.52. The summed E-state index contributed by atoms with van der Waals surface area (Å²) in [4.78, 5) is 0. The standard InChI is InChI=1S/C12H11BrF2N2S/c1-6-4-18-5-7(6)12(17-16)10-9(14)3-2-8(13)11(10)15/h2-5,12,17H,16H2,1H3. The van der Waals surface area contributed by atoms with Crippen molar-refractivity contribution in [1.29, 1.82) is 0 Å². The predicted molar refractivity (Wildman–Crippen MR) is 72.3 cm³/mol. The molecule has 0 amide bonds. The van der Waals surface area contributed by atoms with E-state index in [9.17, 15) is 8.78 Å². The van der Waals surface area contributed by atoms with Gasteiger partial charge in [0, 0.05) is 5.56 Å². The number of hydrazine groups is 1. The summed E-state index contributed by atoms with van der Waals surface area (Å²) < 4.78 is 28.1. The highest BCUT2D eigenvalue weighted by atomic mass is 79.9. The molecule has 1 unspecified atom stereocenters. The maximum atomic E-state index is 14.0. The lowest BCUT2D eigenvalue weighted by Gasteiger charge is -2.18. The Kier molecular flexibility index (Phi) is 4.11. The number of benzene rings is 1. The van der Waals surface area contributed by atoms with Crippen molar-refractivity contribution in [2.24, 2.45) is 5.84 Å². The van der Waals surface area contributed by atoms with Crippen LogP contribution in [0.25, 0.3) is 0 Å². The van der Waals surface area contributed by atoms with E-state index in [2.05, 4.69) is 21.4 Å².